The number of esters is 1. The van der Waals surface area contributed by atoms with Crippen molar-refractivity contribution in [2.45, 2.75) is 50.3 Å². The highest BCUT2D eigenvalue weighted by Crippen LogP contribution is 2.42. The Morgan fingerprint density at radius 1 is 0.765 bits per heavy atom. The van der Waals surface area contributed by atoms with Crippen molar-refractivity contribution in [3.8, 4) is 17.2 Å². The zero-order valence-corrected chi connectivity index (χ0v) is 31.4. The molecule has 2 fully saturated rings. The maximum absolute atomic E-state index is 13.1. The second-order valence-corrected chi connectivity index (χ2v) is 14.5. The second-order valence-electron chi connectivity index (χ2n) is 12.7. The number of ketones is 2. The van der Waals surface area contributed by atoms with Crippen LogP contribution in [-0.4, -0.2) is 61.4 Å². The molecule has 4 aromatic carbocycles. The fourth-order valence-electron chi connectivity index (χ4n) is 6.68. The molecule has 8 nitrogen and oxygen atoms in total. The van der Waals surface area contributed by atoms with Gasteiger partial charge in [-0.2, -0.15) is 0 Å². The molecule has 0 bridgehead atoms. The van der Waals surface area contributed by atoms with E-state index in [1.54, 1.807) is 49.6 Å². The molecule has 0 saturated carbocycles. The zero-order valence-electron chi connectivity index (χ0n) is 28.3. The summed E-state index contributed by atoms with van der Waals surface area (Å²) in [5.41, 5.74) is 3.00. The van der Waals surface area contributed by atoms with E-state index in [0.717, 1.165) is 52.3 Å². The first-order valence-corrected chi connectivity index (χ1v) is 18.6. The van der Waals surface area contributed by atoms with Crippen molar-refractivity contribution in [1.29, 1.82) is 0 Å². The predicted octanol–water partition coefficient (Wildman–Crippen LogP) is 9.06. The summed E-state index contributed by atoms with van der Waals surface area (Å²) in [7, 11) is 1.58. The van der Waals surface area contributed by atoms with Gasteiger partial charge in [0.2, 0.25) is 0 Å². The number of fused-ring (bicyclic) bond motifs is 1. The van der Waals surface area contributed by atoms with Gasteiger partial charge in [-0.3, -0.25) is 14.5 Å². The monoisotopic (exact) mass is 815 g/mol. The van der Waals surface area contributed by atoms with E-state index in [1.165, 1.54) is 6.08 Å². The number of piperidine rings is 2. The van der Waals surface area contributed by atoms with Gasteiger partial charge in [-0.1, -0.05) is 80.7 Å². The largest absolute Gasteiger partial charge is 0.493 e. The van der Waals surface area contributed by atoms with Crippen LogP contribution in [0.4, 0.5) is 0 Å². The van der Waals surface area contributed by atoms with Gasteiger partial charge in [0.1, 0.15) is 11.9 Å². The number of methoxy groups -OCH3 is 1. The molecule has 264 valence electrons. The Bertz CT molecular complexity index is 1860. The number of halogens is 2. The third-order valence-electron chi connectivity index (χ3n) is 9.30. The summed E-state index contributed by atoms with van der Waals surface area (Å²) in [6, 6.07) is 27.7. The van der Waals surface area contributed by atoms with Crippen LogP contribution in [0, 0.1) is 0 Å². The SMILES string of the molecule is COc1ccc([C@H]2C[C@H](OC(=O)/C=C/c3ccc(OCC(=O)c4ccc(Br)cc4)cc3)C[C@@H]3CCCCN32)cc1OCC(=O)c1ccc(Br)cc1. The molecule has 0 aliphatic carbocycles. The fourth-order valence-corrected chi connectivity index (χ4v) is 7.21. The van der Waals surface area contributed by atoms with Gasteiger partial charge in [0, 0.05) is 51.1 Å². The molecule has 0 N–H and O–H groups in total. The maximum atomic E-state index is 13.1. The average Bonchev–Trinajstić information content (AvgIpc) is 3.15. The van der Waals surface area contributed by atoms with Crippen LogP contribution in [-0.2, 0) is 9.53 Å². The lowest BCUT2D eigenvalue weighted by atomic mass is 9.84. The number of hydrogen-bond acceptors (Lipinski definition) is 8. The first kappa shape index (κ1) is 36.5. The number of carbonyl (C=O) groups excluding carboxylic acids is 3. The molecule has 6 rings (SSSR count). The van der Waals surface area contributed by atoms with Gasteiger partial charge in [-0.15, -0.1) is 0 Å². The molecular formula is C41H39Br2NO7. The van der Waals surface area contributed by atoms with Gasteiger partial charge in [0.05, 0.1) is 7.11 Å². The molecule has 4 aromatic rings. The molecule has 0 radical (unpaired) electrons. The van der Waals surface area contributed by atoms with E-state index in [-0.39, 0.29) is 36.9 Å². The Hall–Kier alpha value is -4.25. The quantitative estimate of drug-likeness (QED) is 0.0751. The molecule has 2 aliphatic heterocycles. The van der Waals surface area contributed by atoms with Crippen molar-refractivity contribution in [3.63, 3.8) is 0 Å². The van der Waals surface area contributed by atoms with Gasteiger partial charge in [-0.05, 0) is 85.1 Å². The average molecular weight is 818 g/mol. The minimum Gasteiger partial charge on any atom is -0.493 e. The Morgan fingerprint density at radius 3 is 2.06 bits per heavy atom. The number of Topliss-reactive ketones (excluding diaryl/α,β-unsaturated/α-hetero) is 2. The standard InChI is InChI=1S/C41H39Br2NO7/c1-48-39-19-12-30(22-40(39)50-26-38(46)29-10-15-32(43)16-11-29)36-24-35(23-33-4-2-3-21-44(33)36)51-41(47)20-7-27-5-17-34(18-6-27)49-25-37(45)28-8-13-31(42)14-9-28/h5-20,22,33,35-36H,2-4,21,23-26H2,1H3/b20-7+/t33-,35+,36+/m0/s1. The van der Waals surface area contributed by atoms with Gasteiger partial charge in [0.25, 0.3) is 0 Å². The van der Waals surface area contributed by atoms with E-state index in [2.05, 4.69) is 36.8 Å². The lowest BCUT2D eigenvalue weighted by molar-refractivity contribution is -0.148. The highest BCUT2D eigenvalue weighted by molar-refractivity contribution is 9.10. The Labute approximate surface area is 315 Å². The molecule has 0 spiro atoms. The van der Waals surface area contributed by atoms with E-state index >= 15 is 0 Å². The lowest BCUT2D eigenvalue weighted by Crippen LogP contribution is -2.49. The minimum absolute atomic E-state index is 0.0180. The molecule has 10 heteroatoms. The van der Waals surface area contributed by atoms with Crippen LogP contribution < -0.4 is 14.2 Å². The van der Waals surface area contributed by atoms with E-state index in [9.17, 15) is 14.4 Å². The lowest BCUT2D eigenvalue weighted by Gasteiger charge is -2.47. The zero-order chi connectivity index (χ0) is 35.7. The number of benzene rings is 4. The van der Waals surface area contributed by atoms with E-state index in [1.807, 2.05) is 54.6 Å². The summed E-state index contributed by atoms with van der Waals surface area (Å²) < 4.78 is 25.1. The number of nitrogens with zero attached hydrogens (tertiary/aromatic N) is 1. The molecule has 0 aromatic heterocycles. The van der Waals surface area contributed by atoms with E-state index in [0.29, 0.717) is 40.8 Å². The van der Waals surface area contributed by atoms with Crippen molar-refractivity contribution in [2.75, 3.05) is 26.9 Å². The van der Waals surface area contributed by atoms with Crippen LogP contribution in [0.2, 0.25) is 0 Å². The van der Waals surface area contributed by atoms with Gasteiger partial charge in [-0.25, -0.2) is 4.79 Å². The molecule has 0 amide bonds. The number of hydrogen-bond donors (Lipinski definition) is 0. The van der Waals surface area contributed by atoms with Crippen LogP contribution in [0.5, 0.6) is 17.2 Å². The van der Waals surface area contributed by atoms with Crippen molar-refractivity contribution in [1.82, 2.24) is 4.90 Å². The summed E-state index contributed by atoms with van der Waals surface area (Å²) >= 11 is 6.78. The number of ether oxygens (including phenoxy) is 4. The van der Waals surface area contributed by atoms with Crippen LogP contribution in [0.15, 0.2) is 106 Å². The summed E-state index contributed by atoms with van der Waals surface area (Å²) in [4.78, 5) is 40.9. The van der Waals surface area contributed by atoms with Gasteiger partial charge in [0.15, 0.2) is 36.3 Å². The highest BCUT2D eigenvalue weighted by Gasteiger charge is 2.39. The van der Waals surface area contributed by atoms with Crippen molar-refractivity contribution >= 4 is 55.5 Å². The molecule has 51 heavy (non-hydrogen) atoms. The Kier molecular flexibility index (Phi) is 12.4. The third-order valence-corrected chi connectivity index (χ3v) is 10.4. The molecule has 2 saturated heterocycles. The smallest absolute Gasteiger partial charge is 0.331 e. The number of carbonyl (C=O) groups is 3. The summed E-state index contributed by atoms with van der Waals surface area (Å²) in [6.07, 6.45) is 7.65. The van der Waals surface area contributed by atoms with Gasteiger partial charge < -0.3 is 18.9 Å². The highest BCUT2D eigenvalue weighted by atomic mass is 79.9. The molecule has 3 atom stereocenters. The number of rotatable bonds is 13. The molecular weight excluding hydrogens is 778 g/mol. The van der Waals surface area contributed by atoms with Crippen LogP contribution in [0.3, 0.4) is 0 Å². The minimum atomic E-state index is -0.395. The van der Waals surface area contributed by atoms with E-state index in [4.69, 9.17) is 18.9 Å². The van der Waals surface area contributed by atoms with Crippen molar-refractivity contribution in [3.05, 3.63) is 128 Å². The maximum Gasteiger partial charge on any atom is 0.331 e. The normalized spacial score (nSPS) is 18.8. The molecule has 0 unspecified atom stereocenters. The fraction of sp³-hybridized carbons (Fsp3) is 0.293. The van der Waals surface area contributed by atoms with Gasteiger partial charge >= 0.3 is 5.97 Å². The third kappa shape index (κ3) is 9.75. The van der Waals surface area contributed by atoms with Crippen LogP contribution in [0.1, 0.15) is 70.0 Å². The molecule has 2 aliphatic rings. The predicted molar refractivity (Wildman–Crippen MR) is 203 cm³/mol. The van der Waals surface area contributed by atoms with Crippen molar-refractivity contribution < 1.29 is 33.3 Å². The molecule has 2 heterocycles. The first-order valence-electron chi connectivity index (χ1n) is 17.0. The topological polar surface area (TPSA) is 91.4 Å². The second kappa shape index (κ2) is 17.3. The van der Waals surface area contributed by atoms with E-state index < -0.39 is 5.97 Å². The first-order chi connectivity index (χ1) is 24.7. The summed E-state index contributed by atoms with van der Waals surface area (Å²) in [5.74, 6) is 0.985. The Morgan fingerprint density at radius 2 is 1.41 bits per heavy atom. The van der Waals surface area contributed by atoms with Crippen LogP contribution >= 0.6 is 31.9 Å². The summed E-state index contributed by atoms with van der Waals surface area (Å²) in [6.45, 7) is 0.784. The Balaban J connectivity index is 1.07. The summed E-state index contributed by atoms with van der Waals surface area (Å²) in [5, 5.41) is 0. The van der Waals surface area contributed by atoms with Crippen LogP contribution in [0.25, 0.3) is 6.08 Å². The van der Waals surface area contributed by atoms with Crippen molar-refractivity contribution in [2.24, 2.45) is 0 Å².